The molecule has 2 N–H and O–H groups in total. The Morgan fingerprint density at radius 3 is 1.57 bits per heavy atom. The molecular weight excluding hydrogens is 348 g/mol. The summed E-state index contributed by atoms with van der Waals surface area (Å²) in [4.78, 5) is 11.3. The van der Waals surface area contributed by atoms with Gasteiger partial charge in [0.15, 0.2) is 0 Å². The Kier molecular flexibility index (Phi) is 14.4. The summed E-state index contributed by atoms with van der Waals surface area (Å²) in [6, 6.07) is 4.98. The molecule has 1 aromatic carbocycles. The van der Waals surface area contributed by atoms with E-state index in [2.05, 4.69) is 6.92 Å². The number of carboxylic acid groups (broad SMARTS) is 1. The van der Waals surface area contributed by atoms with Gasteiger partial charge in [0.05, 0.1) is 0 Å². The molecule has 160 valence electrons. The average Bonchev–Trinajstić information content (AvgIpc) is 2.67. The van der Waals surface area contributed by atoms with Crippen LogP contribution in [0.2, 0.25) is 0 Å². The van der Waals surface area contributed by atoms with Gasteiger partial charge in [-0.15, -0.1) is 0 Å². The molecule has 1 rings (SSSR count). The third-order valence-corrected chi connectivity index (χ3v) is 5.64. The van der Waals surface area contributed by atoms with Crippen molar-refractivity contribution in [1.82, 2.24) is 0 Å². The van der Waals surface area contributed by atoms with E-state index in [-0.39, 0.29) is 11.3 Å². The van der Waals surface area contributed by atoms with E-state index in [1.165, 1.54) is 96.0 Å². The van der Waals surface area contributed by atoms with Gasteiger partial charge in [-0.3, -0.25) is 0 Å². The van der Waals surface area contributed by atoms with Crippen molar-refractivity contribution in [2.45, 2.75) is 116 Å². The number of carbonyl (C=O) groups is 1. The van der Waals surface area contributed by atoms with Gasteiger partial charge in [-0.2, -0.15) is 0 Å². The molecule has 28 heavy (non-hydrogen) atoms. The molecule has 0 spiro atoms. The molecule has 0 amide bonds. The highest BCUT2D eigenvalue weighted by Crippen LogP contribution is 2.23. The van der Waals surface area contributed by atoms with Crippen molar-refractivity contribution in [2.24, 2.45) is 0 Å². The smallest absolute Gasteiger partial charge is 0.339 e. The number of aryl methyl sites for hydroxylation is 1. The minimum absolute atomic E-state index is 0.0726. The zero-order chi connectivity index (χ0) is 20.5. The quantitative estimate of drug-likeness (QED) is 0.250. The highest BCUT2D eigenvalue weighted by molar-refractivity contribution is 5.92. The van der Waals surface area contributed by atoms with Gasteiger partial charge in [-0.1, -0.05) is 115 Å². The van der Waals surface area contributed by atoms with Crippen LogP contribution in [-0.2, 0) is 6.42 Å². The van der Waals surface area contributed by atoms with Crippen LogP contribution in [0.1, 0.15) is 126 Å². The lowest BCUT2D eigenvalue weighted by atomic mass is 9.99. The first-order chi connectivity index (χ1) is 13.7. The van der Waals surface area contributed by atoms with E-state index < -0.39 is 5.97 Å². The van der Waals surface area contributed by atoms with Crippen molar-refractivity contribution in [3.63, 3.8) is 0 Å². The van der Waals surface area contributed by atoms with Crippen LogP contribution in [0.25, 0.3) is 0 Å². The van der Waals surface area contributed by atoms with Gasteiger partial charge < -0.3 is 10.2 Å². The van der Waals surface area contributed by atoms with E-state index in [1.54, 1.807) is 6.07 Å². The predicted octanol–water partition coefficient (Wildman–Crippen LogP) is 7.89. The molecule has 0 heterocycles. The van der Waals surface area contributed by atoms with Crippen LogP contribution in [0.3, 0.4) is 0 Å². The number of aromatic hydroxyl groups is 1. The maximum absolute atomic E-state index is 11.3. The Balaban J connectivity index is 1.91. The lowest BCUT2D eigenvalue weighted by Gasteiger charge is -2.08. The fraction of sp³-hybridized carbons (Fsp3) is 0.720. The maximum Gasteiger partial charge on any atom is 0.339 e. The third kappa shape index (κ3) is 11.4. The summed E-state index contributed by atoms with van der Waals surface area (Å²) >= 11 is 0. The van der Waals surface area contributed by atoms with Gasteiger partial charge in [0.2, 0.25) is 0 Å². The van der Waals surface area contributed by atoms with E-state index in [4.69, 9.17) is 0 Å². The van der Waals surface area contributed by atoms with E-state index >= 15 is 0 Å². The molecule has 0 saturated heterocycles. The van der Waals surface area contributed by atoms with Gasteiger partial charge in [-0.25, -0.2) is 4.79 Å². The zero-order valence-corrected chi connectivity index (χ0v) is 18.1. The molecule has 0 atom stereocenters. The second-order valence-corrected chi connectivity index (χ2v) is 8.17. The fourth-order valence-corrected chi connectivity index (χ4v) is 3.91. The first kappa shape index (κ1) is 24.5. The number of phenols is 1. The van der Waals surface area contributed by atoms with Crippen LogP contribution >= 0.6 is 0 Å². The Morgan fingerprint density at radius 2 is 1.14 bits per heavy atom. The number of aromatic carboxylic acids is 1. The summed E-state index contributed by atoms with van der Waals surface area (Å²) in [5.74, 6) is -1.16. The molecule has 0 saturated carbocycles. The highest BCUT2D eigenvalue weighted by atomic mass is 16.4. The summed E-state index contributed by atoms with van der Waals surface area (Å²) in [6.45, 7) is 2.27. The lowest BCUT2D eigenvalue weighted by molar-refractivity contribution is 0.0692. The van der Waals surface area contributed by atoms with Gasteiger partial charge in [0, 0.05) is 0 Å². The standard InChI is InChI=1S/C25H42O3/c1-2-3-4-5-6-7-8-9-10-11-12-13-14-15-16-17-19-22-20-18-21-23(26)24(22)25(27)28/h18,20-21,26H,2-17,19H2,1H3,(H,27,28). The Labute approximate surface area is 172 Å². The van der Waals surface area contributed by atoms with Crippen molar-refractivity contribution in [2.75, 3.05) is 0 Å². The number of hydrogen-bond acceptors (Lipinski definition) is 2. The molecule has 0 aliphatic rings. The molecule has 3 heteroatoms. The molecule has 1 aromatic rings. The van der Waals surface area contributed by atoms with Crippen molar-refractivity contribution in [3.05, 3.63) is 29.3 Å². The van der Waals surface area contributed by atoms with Crippen LogP contribution < -0.4 is 0 Å². The van der Waals surface area contributed by atoms with Gasteiger partial charge >= 0.3 is 5.97 Å². The maximum atomic E-state index is 11.3. The monoisotopic (exact) mass is 390 g/mol. The SMILES string of the molecule is CCCCCCCCCCCCCCCCCCc1cccc(O)c1C(=O)O. The molecular formula is C25H42O3. The van der Waals surface area contributed by atoms with Crippen molar-refractivity contribution >= 4 is 5.97 Å². The summed E-state index contributed by atoms with van der Waals surface area (Å²) in [5, 5.41) is 18.9. The van der Waals surface area contributed by atoms with Gasteiger partial charge in [0.25, 0.3) is 0 Å². The molecule has 0 aromatic heterocycles. The minimum atomic E-state index is -1.04. The first-order valence-electron chi connectivity index (χ1n) is 11.7. The topological polar surface area (TPSA) is 57.5 Å². The zero-order valence-electron chi connectivity index (χ0n) is 18.1. The van der Waals surface area contributed by atoms with Gasteiger partial charge in [-0.05, 0) is 24.5 Å². The largest absolute Gasteiger partial charge is 0.507 e. The Hall–Kier alpha value is -1.51. The molecule has 0 fully saturated rings. The Bertz CT molecular complexity index is 525. The number of benzene rings is 1. The summed E-state index contributed by atoms with van der Waals surface area (Å²) in [7, 11) is 0. The van der Waals surface area contributed by atoms with Crippen LogP contribution in [-0.4, -0.2) is 16.2 Å². The number of hydrogen-bond donors (Lipinski definition) is 2. The second kappa shape index (κ2) is 16.4. The third-order valence-electron chi connectivity index (χ3n) is 5.64. The summed E-state index contributed by atoms with van der Waals surface area (Å²) in [6.07, 6.45) is 22.1. The molecule has 0 bridgehead atoms. The number of rotatable bonds is 18. The van der Waals surface area contributed by atoms with Crippen LogP contribution in [0.4, 0.5) is 0 Å². The van der Waals surface area contributed by atoms with E-state index in [0.29, 0.717) is 0 Å². The highest BCUT2D eigenvalue weighted by Gasteiger charge is 2.14. The molecule has 3 nitrogen and oxygen atoms in total. The van der Waals surface area contributed by atoms with Crippen molar-refractivity contribution in [3.8, 4) is 5.75 Å². The second-order valence-electron chi connectivity index (χ2n) is 8.17. The van der Waals surface area contributed by atoms with Crippen LogP contribution in [0.5, 0.6) is 5.75 Å². The minimum Gasteiger partial charge on any atom is -0.507 e. The summed E-state index contributed by atoms with van der Waals surface area (Å²) in [5.41, 5.74) is 0.821. The molecule has 0 aliphatic heterocycles. The molecule has 0 unspecified atom stereocenters. The normalized spacial score (nSPS) is 11.0. The van der Waals surface area contributed by atoms with Crippen molar-refractivity contribution < 1.29 is 15.0 Å². The van der Waals surface area contributed by atoms with E-state index in [1.807, 2.05) is 6.07 Å². The van der Waals surface area contributed by atoms with Crippen LogP contribution in [0, 0.1) is 0 Å². The van der Waals surface area contributed by atoms with Crippen molar-refractivity contribution in [1.29, 1.82) is 0 Å². The van der Waals surface area contributed by atoms with E-state index in [0.717, 1.165) is 24.8 Å². The van der Waals surface area contributed by atoms with E-state index in [9.17, 15) is 15.0 Å². The van der Waals surface area contributed by atoms with Crippen LogP contribution in [0.15, 0.2) is 18.2 Å². The van der Waals surface area contributed by atoms with Gasteiger partial charge in [0.1, 0.15) is 11.3 Å². The Morgan fingerprint density at radius 1 is 0.714 bits per heavy atom. The lowest BCUT2D eigenvalue weighted by Crippen LogP contribution is -2.03. The number of carboxylic acids is 1. The molecule has 0 radical (unpaired) electrons. The fourth-order valence-electron chi connectivity index (χ4n) is 3.91. The summed E-state index contributed by atoms with van der Waals surface area (Å²) < 4.78 is 0. The average molecular weight is 391 g/mol. The first-order valence-corrected chi connectivity index (χ1v) is 11.7. The number of unbranched alkanes of at least 4 members (excludes halogenated alkanes) is 15. The molecule has 0 aliphatic carbocycles. The predicted molar refractivity (Wildman–Crippen MR) is 118 cm³/mol.